The number of hydrogen-bond donors (Lipinski definition) is 2. The van der Waals surface area contributed by atoms with Crippen LogP contribution in [0.25, 0.3) is 0 Å². The number of benzene rings is 1. The summed E-state index contributed by atoms with van der Waals surface area (Å²) in [4.78, 5) is 13.6. The molecule has 0 aromatic heterocycles. The van der Waals surface area contributed by atoms with Crippen molar-refractivity contribution in [1.82, 2.24) is 9.62 Å². The maximum Gasteiger partial charge on any atom is 0.251 e. The summed E-state index contributed by atoms with van der Waals surface area (Å²) in [6.45, 7) is 11.6. The van der Waals surface area contributed by atoms with Crippen molar-refractivity contribution in [2.45, 2.75) is 57.9 Å². The first kappa shape index (κ1) is 21.5. The fourth-order valence-electron chi connectivity index (χ4n) is 4.89. The molecule has 0 radical (unpaired) electrons. The van der Waals surface area contributed by atoms with Crippen LogP contribution >= 0.6 is 11.9 Å². The number of phenolic OH excluding ortho intramolecular Hbond substituents is 1. The minimum atomic E-state index is -0.0283. The third-order valence-electron chi connectivity index (χ3n) is 6.50. The van der Waals surface area contributed by atoms with Crippen LogP contribution in [0.3, 0.4) is 0 Å². The quantitative estimate of drug-likeness (QED) is 0.730. The highest BCUT2D eigenvalue weighted by atomic mass is 32.2. The molecule has 3 unspecified atom stereocenters. The summed E-state index contributed by atoms with van der Waals surface area (Å²) in [6, 6.07) is 5.40. The van der Waals surface area contributed by atoms with Crippen molar-refractivity contribution in [2.75, 3.05) is 26.3 Å². The minimum Gasteiger partial charge on any atom is -0.507 e. The standard InChI is InChI=1S/C20H28N2O3S.C2H6/c1-20(2)15-5-3-13(11-15)18(20)21-19(24)14-4-6-16(23)17(12-14)26-22-7-9-25-10-8-22;1-2/h4,6,12-13,15,18,23H,3,5,7-11H2,1-2H3,(H,21,24);1-2H3. The van der Waals surface area contributed by atoms with Gasteiger partial charge >= 0.3 is 0 Å². The molecule has 156 valence electrons. The van der Waals surface area contributed by atoms with Crippen molar-refractivity contribution in [3.05, 3.63) is 23.8 Å². The topological polar surface area (TPSA) is 61.8 Å². The lowest BCUT2D eigenvalue weighted by molar-refractivity contribution is 0.0772. The average molecular weight is 407 g/mol. The van der Waals surface area contributed by atoms with Crippen LogP contribution in [0.2, 0.25) is 0 Å². The second kappa shape index (κ2) is 9.06. The van der Waals surface area contributed by atoms with Gasteiger partial charge in [-0.05, 0) is 66.7 Å². The molecule has 28 heavy (non-hydrogen) atoms. The Morgan fingerprint density at radius 2 is 1.96 bits per heavy atom. The molecule has 1 amide bonds. The molecule has 1 saturated heterocycles. The van der Waals surface area contributed by atoms with Gasteiger partial charge in [-0.2, -0.15) is 0 Å². The molecular formula is C22H34N2O3S. The number of morpholine rings is 1. The molecule has 5 nitrogen and oxygen atoms in total. The Labute approximate surface area is 173 Å². The van der Waals surface area contributed by atoms with Gasteiger partial charge in [0.15, 0.2) is 0 Å². The average Bonchev–Trinajstić information content (AvgIpc) is 3.27. The lowest BCUT2D eigenvalue weighted by atomic mass is 9.73. The second-order valence-corrected chi connectivity index (χ2v) is 9.50. The fourth-order valence-corrected chi connectivity index (χ4v) is 5.84. The van der Waals surface area contributed by atoms with Gasteiger partial charge in [-0.1, -0.05) is 27.7 Å². The molecule has 6 heteroatoms. The Kier molecular flexibility index (Phi) is 6.94. The molecule has 2 aliphatic carbocycles. The number of fused-ring (bicyclic) bond motifs is 2. The predicted octanol–water partition coefficient (Wildman–Crippen LogP) is 4.31. The Bertz CT molecular complexity index is 688. The van der Waals surface area contributed by atoms with Crippen LogP contribution < -0.4 is 5.32 Å². The highest BCUT2D eigenvalue weighted by molar-refractivity contribution is 7.97. The van der Waals surface area contributed by atoms with E-state index in [0.29, 0.717) is 24.7 Å². The summed E-state index contributed by atoms with van der Waals surface area (Å²) in [5, 5.41) is 13.5. The number of nitrogens with one attached hydrogen (secondary N) is 1. The van der Waals surface area contributed by atoms with E-state index in [0.717, 1.165) is 23.9 Å². The first-order valence-corrected chi connectivity index (χ1v) is 11.4. The number of carbonyl (C=O) groups excluding carboxylic acids is 1. The summed E-state index contributed by atoms with van der Waals surface area (Å²) in [7, 11) is 0. The van der Waals surface area contributed by atoms with Gasteiger partial charge in [0.2, 0.25) is 0 Å². The number of phenols is 1. The third kappa shape index (κ3) is 4.34. The predicted molar refractivity (Wildman–Crippen MR) is 114 cm³/mol. The first-order chi connectivity index (χ1) is 13.4. The van der Waals surface area contributed by atoms with Crippen LogP contribution in [-0.4, -0.2) is 47.7 Å². The van der Waals surface area contributed by atoms with E-state index < -0.39 is 0 Å². The molecule has 3 atom stereocenters. The SMILES string of the molecule is CC.CC1(C)C2CCC(C2)C1NC(=O)c1ccc(O)c(SN2CCOCC2)c1. The van der Waals surface area contributed by atoms with E-state index in [1.165, 1.54) is 31.2 Å². The lowest BCUT2D eigenvalue weighted by Gasteiger charge is -2.38. The molecule has 1 heterocycles. The Hall–Kier alpha value is -1.24. The molecule has 1 aromatic rings. The van der Waals surface area contributed by atoms with Crippen LogP contribution in [0.15, 0.2) is 23.1 Å². The monoisotopic (exact) mass is 406 g/mol. The van der Waals surface area contributed by atoms with Crippen LogP contribution in [0.5, 0.6) is 5.75 Å². The number of nitrogens with zero attached hydrogens (tertiary/aromatic N) is 1. The van der Waals surface area contributed by atoms with E-state index in [4.69, 9.17) is 4.74 Å². The van der Waals surface area contributed by atoms with E-state index in [-0.39, 0.29) is 23.1 Å². The molecule has 2 bridgehead atoms. The Morgan fingerprint density at radius 1 is 1.25 bits per heavy atom. The molecule has 1 aromatic carbocycles. The number of carbonyl (C=O) groups is 1. The third-order valence-corrected chi connectivity index (χ3v) is 7.65. The largest absolute Gasteiger partial charge is 0.507 e. The molecule has 3 aliphatic rings. The molecular weight excluding hydrogens is 372 g/mol. The smallest absolute Gasteiger partial charge is 0.251 e. The molecule has 3 fully saturated rings. The summed E-state index contributed by atoms with van der Waals surface area (Å²) >= 11 is 1.50. The highest BCUT2D eigenvalue weighted by Crippen LogP contribution is 2.55. The zero-order valence-corrected chi connectivity index (χ0v) is 18.3. The summed E-state index contributed by atoms with van der Waals surface area (Å²) in [5.74, 6) is 1.53. The van der Waals surface area contributed by atoms with Gasteiger partial charge < -0.3 is 15.2 Å². The summed E-state index contributed by atoms with van der Waals surface area (Å²) in [5.41, 5.74) is 0.790. The van der Waals surface area contributed by atoms with Crippen molar-refractivity contribution in [3.63, 3.8) is 0 Å². The van der Waals surface area contributed by atoms with Crippen LogP contribution in [-0.2, 0) is 4.74 Å². The van der Waals surface area contributed by atoms with Gasteiger partial charge in [-0.3, -0.25) is 4.79 Å². The summed E-state index contributed by atoms with van der Waals surface area (Å²) in [6.07, 6.45) is 3.77. The highest BCUT2D eigenvalue weighted by Gasteiger charge is 2.53. The van der Waals surface area contributed by atoms with Gasteiger partial charge in [0, 0.05) is 24.7 Å². The van der Waals surface area contributed by atoms with Crippen molar-refractivity contribution in [2.24, 2.45) is 17.3 Å². The number of hydrogen-bond acceptors (Lipinski definition) is 5. The fraction of sp³-hybridized carbons (Fsp3) is 0.682. The van der Waals surface area contributed by atoms with Crippen molar-refractivity contribution >= 4 is 17.9 Å². The van der Waals surface area contributed by atoms with Crippen LogP contribution in [0.4, 0.5) is 0 Å². The van der Waals surface area contributed by atoms with E-state index in [1.54, 1.807) is 12.1 Å². The summed E-state index contributed by atoms with van der Waals surface area (Å²) < 4.78 is 7.53. The van der Waals surface area contributed by atoms with E-state index in [9.17, 15) is 9.90 Å². The van der Waals surface area contributed by atoms with Crippen molar-refractivity contribution < 1.29 is 14.6 Å². The van der Waals surface area contributed by atoms with Crippen LogP contribution in [0, 0.1) is 17.3 Å². The Balaban J connectivity index is 0.00000109. The maximum absolute atomic E-state index is 12.9. The number of aromatic hydroxyl groups is 1. The first-order valence-electron chi connectivity index (χ1n) is 10.6. The van der Waals surface area contributed by atoms with E-state index in [1.807, 2.05) is 19.9 Å². The normalized spacial score (nSPS) is 28.5. The van der Waals surface area contributed by atoms with Crippen molar-refractivity contribution in [1.29, 1.82) is 0 Å². The van der Waals surface area contributed by atoms with Gasteiger partial charge in [-0.15, -0.1) is 0 Å². The molecule has 2 N–H and O–H groups in total. The molecule has 1 aliphatic heterocycles. The maximum atomic E-state index is 12.9. The second-order valence-electron chi connectivity index (χ2n) is 8.36. The Morgan fingerprint density at radius 3 is 2.61 bits per heavy atom. The van der Waals surface area contributed by atoms with Gasteiger partial charge in [-0.25, -0.2) is 4.31 Å². The number of amides is 1. The molecule has 0 spiro atoms. The molecule has 4 rings (SSSR count). The van der Waals surface area contributed by atoms with Crippen LogP contribution in [0.1, 0.15) is 57.3 Å². The van der Waals surface area contributed by atoms with Crippen molar-refractivity contribution in [3.8, 4) is 5.75 Å². The minimum absolute atomic E-state index is 0.0283. The van der Waals surface area contributed by atoms with E-state index >= 15 is 0 Å². The van der Waals surface area contributed by atoms with Gasteiger partial charge in [0.05, 0.1) is 18.1 Å². The molecule has 2 saturated carbocycles. The zero-order chi connectivity index (χ0) is 20.3. The zero-order valence-electron chi connectivity index (χ0n) is 17.5. The number of rotatable bonds is 4. The van der Waals surface area contributed by atoms with Gasteiger partial charge in [0.25, 0.3) is 5.91 Å². The van der Waals surface area contributed by atoms with E-state index in [2.05, 4.69) is 23.5 Å². The van der Waals surface area contributed by atoms with Gasteiger partial charge in [0.1, 0.15) is 5.75 Å². The lowest BCUT2D eigenvalue weighted by Crippen LogP contribution is -2.48. The number of ether oxygens (including phenoxy) is 1.